The van der Waals surface area contributed by atoms with Crippen LogP contribution in [0.2, 0.25) is 0 Å². The molecular formula is C15H15F3N2O2S. The molecule has 0 aliphatic heterocycles. The lowest BCUT2D eigenvalue weighted by Gasteiger charge is -2.19. The minimum Gasteiger partial charge on any atom is -0.444 e. The summed E-state index contributed by atoms with van der Waals surface area (Å²) >= 11 is 1.15. The molecule has 0 saturated heterocycles. The molecule has 0 saturated carbocycles. The molecule has 2 aromatic rings. The molecule has 0 aliphatic carbocycles. The van der Waals surface area contributed by atoms with E-state index < -0.39 is 23.4 Å². The highest BCUT2D eigenvalue weighted by atomic mass is 32.1. The van der Waals surface area contributed by atoms with Crippen molar-refractivity contribution in [1.29, 1.82) is 0 Å². The lowest BCUT2D eigenvalue weighted by atomic mass is 10.1. The third-order valence-electron chi connectivity index (χ3n) is 2.59. The van der Waals surface area contributed by atoms with Gasteiger partial charge in [-0.05, 0) is 32.9 Å². The summed E-state index contributed by atoms with van der Waals surface area (Å²) < 4.78 is 42.7. The van der Waals surface area contributed by atoms with Crippen molar-refractivity contribution >= 4 is 22.4 Å². The number of hydrogen-bond acceptors (Lipinski definition) is 4. The van der Waals surface area contributed by atoms with Gasteiger partial charge in [0.2, 0.25) is 0 Å². The van der Waals surface area contributed by atoms with E-state index in [1.807, 2.05) is 0 Å². The number of nitrogens with zero attached hydrogens (tertiary/aromatic N) is 1. The number of rotatable bonds is 2. The van der Waals surface area contributed by atoms with E-state index in [0.717, 1.165) is 23.5 Å². The normalized spacial score (nSPS) is 12.1. The number of hydrogen-bond donors (Lipinski definition) is 1. The maximum absolute atomic E-state index is 12.5. The van der Waals surface area contributed by atoms with E-state index in [2.05, 4.69) is 10.3 Å². The van der Waals surface area contributed by atoms with Crippen LogP contribution in [0.25, 0.3) is 10.6 Å². The van der Waals surface area contributed by atoms with E-state index in [9.17, 15) is 18.0 Å². The number of carbonyl (C=O) groups is 1. The van der Waals surface area contributed by atoms with Gasteiger partial charge in [0, 0.05) is 5.56 Å². The monoisotopic (exact) mass is 344 g/mol. The van der Waals surface area contributed by atoms with Crippen LogP contribution in [-0.2, 0) is 10.9 Å². The molecular weight excluding hydrogens is 329 g/mol. The van der Waals surface area contributed by atoms with Crippen molar-refractivity contribution in [2.45, 2.75) is 32.5 Å². The van der Waals surface area contributed by atoms with Gasteiger partial charge in [0.25, 0.3) is 0 Å². The van der Waals surface area contributed by atoms with Gasteiger partial charge in [-0.3, -0.25) is 5.32 Å². The van der Waals surface area contributed by atoms with Gasteiger partial charge in [-0.25, -0.2) is 9.78 Å². The second-order valence-corrected chi connectivity index (χ2v) is 6.76. The van der Waals surface area contributed by atoms with Gasteiger partial charge in [0.05, 0.1) is 11.8 Å². The van der Waals surface area contributed by atoms with Gasteiger partial charge in [-0.2, -0.15) is 13.2 Å². The lowest BCUT2D eigenvalue weighted by Crippen LogP contribution is -2.26. The molecule has 1 amide bonds. The Morgan fingerprint density at radius 3 is 2.30 bits per heavy atom. The van der Waals surface area contributed by atoms with Crippen LogP contribution < -0.4 is 5.32 Å². The molecule has 0 aliphatic rings. The maximum atomic E-state index is 12.5. The average molecular weight is 344 g/mol. The van der Waals surface area contributed by atoms with Crippen LogP contribution in [-0.4, -0.2) is 16.7 Å². The second-order valence-electron chi connectivity index (χ2n) is 5.73. The minimum atomic E-state index is -4.37. The van der Waals surface area contributed by atoms with E-state index in [4.69, 9.17) is 4.74 Å². The third-order valence-corrected chi connectivity index (χ3v) is 3.55. The number of alkyl halides is 3. The molecule has 1 heterocycles. The summed E-state index contributed by atoms with van der Waals surface area (Å²) in [6, 6.07) is 4.69. The van der Waals surface area contributed by atoms with Crippen LogP contribution in [0.1, 0.15) is 26.3 Å². The fourth-order valence-electron chi connectivity index (χ4n) is 1.67. The number of benzene rings is 1. The maximum Gasteiger partial charge on any atom is 0.416 e. The highest BCUT2D eigenvalue weighted by Crippen LogP contribution is 2.33. The molecule has 23 heavy (non-hydrogen) atoms. The number of halogens is 3. The first kappa shape index (κ1) is 17.3. The lowest BCUT2D eigenvalue weighted by molar-refractivity contribution is -0.137. The molecule has 0 spiro atoms. The first-order valence-electron chi connectivity index (χ1n) is 6.68. The number of nitrogens with one attached hydrogen (secondary N) is 1. The van der Waals surface area contributed by atoms with Crippen LogP contribution in [0.3, 0.4) is 0 Å². The average Bonchev–Trinajstić information content (AvgIpc) is 2.84. The molecule has 4 nitrogen and oxygen atoms in total. The molecule has 1 aromatic carbocycles. The van der Waals surface area contributed by atoms with Gasteiger partial charge >= 0.3 is 12.3 Å². The van der Waals surface area contributed by atoms with Crippen LogP contribution in [0.15, 0.2) is 30.5 Å². The largest absolute Gasteiger partial charge is 0.444 e. The van der Waals surface area contributed by atoms with Crippen molar-refractivity contribution in [3.05, 3.63) is 36.0 Å². The molecule has 2 rings (SSSR count). The summed E-state index contributed by atoms with van der Waals surface area (Å²) in [5.74, 6) is 0. The SMILES string of the molecule is CC(C)(C)OC(=O)Nc1cnc(-c2ccc(C(F)(F)F)cc2)s1. The smallest absolute Gasteiger partial charge is 0.416 e. The Bertz CT molecular complexity index is 688. The summed E-state index contributed by atoms with van der Waals surface area (Å²) in [6.45, 7) is 5.23. The van der Waals surface area contributed by atoms with Gasteiger partial charge < -0.3 is 4.74 Å². The van der Waals surface area contributed by atoms with E-state index in [0.29, 0.717) is 15.6 Å². The van der Waals surface area contributed by atoms with Gasteiger partial charge in [-0.15, -0.1) is 0 Å². The van der Waals surface area contributed by atoms with Gasteiger partial charge in [0.1, 0.15) is 15.6 Å². The summed E-state index contributed by atoms with van der Waals surface area (Å²) in [5, 5.41) is 3.50. The summed E-state index contributed by atoms with van der Waals surface area (Å²) in [6.07, 6.45) is -3.55. The number of ether oxygens (including phenoxy) is 1. The second kappa shape index (κ2) is 6.19. The molecule has 0 bridgehead atoms. The van der Waals surface area contributed by atoms with Crippen molar-refractivity contribution in [2.75, 3.05) is 5.32 Å². The van der Waals surface area contributed by atoms with Crippen molar-refractivity contribution in [3.63, 3.8) is 0 Å². The third kappa shape index (κ3) is 4.95. The Kier molecular flexibility index (Phi) is 4.65. The predicted octanol–water partition coefficient (Wildman–Crippen LogP) is 5.18. The quantitative estimate of drug-likeness (QED) is 0.817. The van der Waals surface area contributed by atoms with Crippen LogP contribution >= 0.6 is 11.3 Å². The van der Waals surface area contributed by atoms with E-state index in [-0.39, 0.29) is 0 Å². The Morgan fingerprint density at radius 1 is 1.17 bits per heavy atom. The standard InChI is InChI=1S/C15H15F3N2O2S/c1-14(2,3)22-13(21)20-11-8-19-12(23-11)9-4-6-10(7-5-9)15(16,17)18/h4-8H,1-3H3,(H,20,21). The highest BCUT2D eigenvalue weighted by Gasteiger charge is 2.30. The topological polar surface area (TPSA) is 51.2 Å². The Balaban J connectivity index is 2.09. The fraction of sp³-hybridized carbons (Fsp3) is 0.333. The summed E-state index contributed by atoms with van der Waals surface area (Å²) in [5.41, 5.74) is -0.796. The van der Waals surface area contributed by atoms with Crippen molar-refractivity contribution < 1.29 is 22.7 Å². The Hall–Kier alpha value is -2.09. The van der Waals surface area contributed by atoms with Crippen molar-refractivity contribution in [3.8, 4) is 10.6 Å². The van der Waals surface area contributed by atoms with Crippen LogP contribution in [0.5, 0.6) is 0 Å². The van der Waals surface area contributed by atoms with Crippen LogP contribution in [0.4, 0.5) is 23.0 Å². The summed E-state index contributed by atoms with van der Waals surface area (Å²) in [7, 11) is 0. The highest BCUT2D eigenvalue weighted by molar-refractivity contribution is 7.19. The van der Waals surface area contributed by atoms with Gasteiger partial charge in [-0.1, -0.05) is 23.5 Å². The Morgan fingerprint density at radius 2 is 1.78 bits per heavy atom. The first-order chi connectivity index (χ1) is 10.5. The number of carbonyl (C=O) groups excluding carboxylic acids is 1. The number of thiazole rings is 1. The van der Waals surface area contributed by atoms with Crippen molar-refractivity contribution in [1.82, 2.24) is 4.98 Å². The number of anilines is 1. The van der Waals surface area contributed by atoms with E-state index >= 15 is 0 Å². The molecule has 0 atom stereocenters. The fourth-order valence-corrected chi connectivity index (χ4v) is 2.48. The Labute approximate surface area is 135 Å². The number of amides is 1. The number of aromatic nitrogens is 1. The molecule has 124 valence electrons. The zero-order chi connectivity index (χ0) is 17.3. The molecule has 8 heteroatoms. The first-order valence-corrected chi connectivity index (χ1v) is 7.50. The molecule has 1 aromatic heterocycles. The minimum absolute atomic E-state index is 0.453. The zero-order valence-electron chi connectivity index (χ0n) is 12.7. The van der Waals surface area contributed by atoms with Crippen LogP contribution in [0, 0.1) is 0 Å². The van der Waals surface area contributed by atoms with Gasteiger partial charge in [0.15, 0.2) is 0 Å². The predicted molar refractivity (Wildman–Crippen MR) is 82.4 cm³/mol. The molecule has 1 N–H and O–H groups in total. The molecule has 0 fully saturated rings. The van der Waals surface area contributed by atoms with E-state index in [1.54, 1.807) is 20.8 Å². The summed E-state index contributed by atoms with van der Waals surface area (Å²) in [4.78, 5) is 15.7. The molecule has 0 unspecified atom stereocenters. The zero-order valence-corrected chi connectivity index (χ0v) is 13.5. The molecule has 0 radical (unpaired) electrons. The van der Waals surface area contributed by atoms with E-state index in [1.165, 1.54) is 18.3 Å². The van der Waals surface area contributed by atoms with Crippen molar-refractivity contribution in [2.24, 2.45) is 0 Å².